The Bertz CT molecular complexity index is 603. The number of ketones is 1. The Morgan fingerprint density at radius 3 is 2.19 bits per heavy atom. The maximum Gasteiger partial charge on any atom is 0.239 e. The second-order valence-corrected chi connectivity index (χ2v) is 7.48. The zero-order valence-electron chi connectivity index (χ0n) is 16.1. The Hall–Kier alpha value is -1.72. The van der Waals surface area contributed by atoms with Crippen molar-refractivity contribution in [3.8, 4) is 0 Å². The van der Waals surface area contributed by atoms with E-state index in [2.05, 4.69) is 16.7 Å². The summed E-state index contributed by atoms with van der Waals surface area (Å²) < 4.78 is 0. The second kappa shape index (κ2) is 8.78. The largest absolute Gasteiger partial charge is 0.339 e. The van der Waals surface area contributed by atoms with E-state index < -0.39 is 0 Å². The SMILES string of the molecule is CCN1CCN(C(=O)C(C)N2CCC(C(=O)c3ccccc3)CC2)CC1. The van der Waals surface area contributed by atoms with Gasteiger partial charge in [0.25, 0.3) is 0 Å². The van der Waals surface area contributed by atoms with Crippen molar-refractivity contribution in [1.29, 1.82) is 0 Å². The lowest BCUT2D eigenvalue weighted by atomic mass is 9.88. The van der Waals surface area contributed by atoms with E-state index in [1.165, 1.54) is 0 Å². The summed E-state index contributed by atoms with van der Waals surface area (Å²) in [5.74, 6) is 0.581. The van der Waals surface area contributed by atoms with Gasteiger partial charge in [0.1, 0.15) is 0 Å². The first-order chi connectivity index (χ1) is 12.6. The summed E-state index contributed by atoms with van der Waals surface area (Å²) in [7, 11) is 0. The minimum absolute atomic E-state index is 0.0871. The number of likely N-dealkylation sites (tertiary alicyclic amines) is 1. The number of amides is 1. The molecule has 0 radical (unpaired) electrons. The van der Waals surface area contributed by atoms with Crippen LogP contribution in [0, 0.1) is 5.92 Å². The zero-order valence-corrected chi connectivity index (χ0v) is 16.1. The monoisotopic (exact) mass is 357 g/mol. The standard InChI is InChI=1S/C21H31N3O2/c1-3-22-13-15-24(16-14-22)21(26)17(2)23-11-9-19(10-12-23)20(25)18-7-5-4-6-8-18/h4-8,17,19H,3,9-16H2,1-2H3. The van der Waals surface area contributed by atoms with Crippen LogP contribution in [0.25, 0.3) is 0 Å². The highest BCUT2D eigenvalue weighted by molar-refractivity contribution is 5.97. The van der Waals surface area contributed by atoms with E-state index in [1.807, 2.05) is 42.2 Å². The molecule has 1 atom stereocenters. The molecule has 2 saturated heterocycles. The predicted molar refractivity (Wildman–Crippen MR) is 103 cm³/mol. The summed E-state index contributed by atoms with van der Waals surface area (Å²) in [5, 5.41) is 0. The van der Waals surface area contributed by atoms with Crippen LogP contribution in [0.5, 0.6) is 0 Å². The molecule has 0 bridgehead atoms. The Labute approximate surface area is 156 Å². The number of likely N-dealkylation sites (N-methyl/N-ethyl adjacent to an activating group) is 1. The average molecular weight is 357 g/mol. The van der Waals surface area contributed by atoms with Crippen LogP contribution in [0.3, 0.4) is 0 Å². The summed E-state index contributed by atoms with van der Waals surface area (Å²) >= 11 is 0. The van der Waals surface area contributed by atoms with Crippen LogP contribution in [0.4, 0.5) is 0 Å². The van der Waals surface area contributed by atoms with Crippen LogP contribution in [0.1, 0.15) is 37.0 Å². The van der Waals surface area contributed by atoms with Gasteiger partial charge in [-0.1, -0.05) is 37.3 Å². The van der Waals surface area contributed by atoms with Gasteiger partial charge in [-0.15, -0.1) is 0 Å². The molecule has 2 fully saturated rings. The summed E-state index contributed by atoms with van der Waals surface area (Å²) in [6.07, 6.45) is 1.68. The molecule has 0 aliphatic carbocycles. The van der Waals surface area contributed by atoms with Gasteiger partial charge in [-0.05, 0) is 39.4 Å². The molecule has 142 valence electrons. The van der Waals surface area contributed by atoms with Crippen LogP contribution < -0.4 is 0 Å². The molecule has 0 aromatic heterocycles. The maximum absolute atomic E-state index is 12.8. The first-order valence-corrected chi connectivity index (χ1v) is 9.94. The van der Waals surface area contributed by atoms with Crippen molar-refractivity contribution in [3.05, 3.63) is 35.9 Å². The van der Waals surface area contributed by atoms with Gasteiger partial charge in [0.05, 0.1) is 6.04 Å². The van der Waals surface area contributed by atoms with E-state index >= 15 is 0 Å². The molecule has 3 rings (SSSR count). The lowest BCUT2D eigenvalue weighted by molar-refractivity contribution is -0.138. The highest BCUT2D eigenvalue weighted by Crippen LogP contribution is 2.23. The molecule has 1 aromatic rings. The number of carbonyl (C=O) groups excluding carboxylic acids is 2. The van der Waals surface area contributed by atoms with E-state index in [4.69, 9.17) is 0 Å². The first kappa shape index (κ1) is 19.1. The van der Waals surface area contributed by atoms with E-state index in [-0.39, 0.29) is 23.7 Å². The Morgan fingerprint density at radius 1 is 1.00 bits per heavy atom. The quantitative estimate of drug-likeness (QED) is 0.758. The highest BCUT2D eigenvalue weighted by Gasteiger charge is 2.32. The normalized spacial score (nSPS) is 21.5. The van der Waals surface area contributed by atoms with Crippen molar-refractivity contribution < 1.29 is 9.59 Å². The fraction of sp³-hybridized carbons (Fsp3) is 0.619. The predicted octanol–water partition coefficient (Wildman–Crippen LogP) is 2.13. The van der Waals surface area contributed by atoms with Crippen molar-refractivity contribution in [2.24, 2.45) is 5.92 Å². The van der Waals surface area contributed by atoms with Crippen molar-refractivity contribution in [1.82, 2.24) is 14.7 Å². The summed E-state index contributed by atoms with van der Waals surface area (Å²) in [5.41, 5.74) is 0.809. The van der Waals surface area contributed by atoms with Crippen LogP contribution >= 0.6 is 0 Å². The minimum atomic E-state index is -0.0871. The molecule has 1 aromatic carbocycles. The average Bonchev–Trinajstić information content (AvgIpc) is 2.73. The molecular formula is C21H31N3O2. The Balaban J connectivity index is 1.49. The van der Waals surface area contributed by atoms with Gasteiger partial charge in [0.15, 0.2) is 5.78 Å². The van der Waals surface area contributed by atoms with E-state index in [9.17, 15) is 9.59 Å². The molecule has 2 aliphatic rings. The third kappa shape index (κ3) is 4.33. The van der Waals surface area contributed by atoms with Gasteiger partial charge in [-0.25, -0.2) is 0 Å². The molecule has 5 heteroatoms. The minimum Gasteiger partial charge on any atom is -0.339 e. The van der Waals surface area contributed by atoms with Gasteiger partial charge >= 0.3 is 0 Å². The van der Waals surface area contributed by atoms with Gasteiger partial charge in [-0.2, -0.15) is 0 Å². The topological polar surface area (TPSA) is 43.9 Å². The van der Waals surface area contributed by atoms with Gasteiger partial charge < -0.3 is 9.80 Å². The van der Waals surface area contributed by atoms with Crippen LogP contribution in [0.2, 0.25) is 0 Å². The number of Topliss-reactive ketones (excluding diaryl/α,β-unsaturated/α-hetero) is 1. The lowest BCUT2D eigenvalue weighted by Crippen LogP contribution is -2.55. The zero-order chi connectivity index (χ0) is 18.5. The smallest absolute Gasteiger partial charge is 0.239 e. The molecular weight excluding hydrogens is 326 g/mol. The summed E-state index contributed by atoms with van der Waals surface area (Å²) in [6.45, 7) is 10.5. The van der Waals surface area contributed by atoms with Crippen molar-refractivity contribution in [2.45, 2.75) is 32.7 Å². The molecule has 0 N–H and O–H groups in total. The van der Waals surface area contributed by atoms with Gasteiger partial charge in [0.2, 0.25) is 5.91 Å². The lowest BCUT2D eigenvalue weighted by Gasteiger charge is -2.39. The molecule has 5 nitrogen and oxygen atoms in total. The van der Waals surface area contributed by atoms with E-state index in [0.717, 1.165) is 64.2 Å². The van der Waals surface area contributed by atoms with Crippen LogP contribution in [-0.4, -0.2) is 78.2 Å². The number of hydrogen-bond acceptors (Lipinski definition) is 4. The van der Waals surface area contributed by atoms with E-state index in [1.54, 1.807) is 0 Å². The maximum atomic E-state index is 12.8. The Kier molecular flexibility index (Phi) is 6.43. The molecule has 0 saturated carbocycles. The number of hydrogen-bond donors (Lipinski definition) is 0. The van der Waals surface area contributed by atoms with Crippen molar-refractivity contribution in [2.75, 3.05) is 45.8 Å². The van der Waals surface area contributed by atoms with Gasteiger partial charge in [0, 0.05) is 37.7 Å². The van der Waals surface area contributed by atoms with Crippen molar-refractivity contribution in [3.63, 3.8) is 0 Å². The first-order valence-electron chi connectivity index (χ1n) is 9.94. The third-order valence-electron chi connectivity index (χ3n) is 5.99. The third-order valence-corrected chi connectivity index (χ3v) is 5.99. The number of piperazine rings is 1. The number of benzene rings is 1. The van der Waals surface area contributed by atoms with Crippen LogP contribution in [-0.2, 0) is 4.79 Å². The fourth-order valence-corrected chi connectivity index (χ4v) is 4.09. The number of piperidine rings is 1. The number of rotatable bonds is 5. The van der Waals surface area contributed by atoms with Crippen LogP contribution in [0.15, 0.2) is 30.3 Å². The Morgan fingerprint density at radius 2 is 1.62 bits per heavy atom. The molecule has 1 amide bonds. The second-order valence-electron chi connectivity index (χ2n) is 7.48. The number of carbonyl (C=O) groups is 2. The van der Waals surface area contributed by atoms with Gasteiger partial charge in [-0.3, -0.25) is 14.5 Å². The molecule has 2 heterocycles. The van der Waals surface area contributed by atoms with E-state index in [0.29, 0.717) is 0 Å². The molecule has 1 unspecified atom stereocenters. The summed E-state index contributed by atoms with van der Waals surface area (Å²) in [6, 6.07) is 9.49. The summed E-state index contributed by atoms with van der Waals surface area (Å²) in [4.78, 5) is 32.1. The highest BCUT2D eigenvalue weighted by atomic mass is 16.2. The number of nitrogens with zero attached hydrogens (tertiary/aromatic N) is 3. The fourth-order valence-electron chi connectivity index (χ4n) is 4.09. The molecule has 26 heavy (non-hydrogen) atoms. The molecule has 2 aliphatic heterocycles. The molecule has 0 spiro atoms. The van der Waals surface area contributed by atoms with Crippen molar-refractivity contribution >= 4 is 11.7 Å².